The molecule has 4 rings (SSSR count). The summed E-state index contributed by atoms with van der Waals surface area (Å²) in [6.07, 6.45) is 0.662. The molecule has 0 fully saturated rings. The Morgan fingerprint density at radius 2 is 1.58 bits per heavy atom. The number of fused-ring (bicyclic) bond motifs is 1. The van der Waals surface area contributed by atoms with Gasteiger partial charge in [0, 0.05) is 22.7 Å². The third-order valence-corrected chi connectivity index (χ3v) is 4.82. The monoisotopic (exact) mass is 412 g/mol. The van der Waals surface area contributed by atoms with Crippen molar-refractivity contribution in [3.8, 4) is 0 Å². The minimum atomic E-state index is -0.768. The highest BCUT2D eigenvalue weighted by molar-refractivity contribution is 5.96. The summed E-state index contributed by atoms with van der Waals surface area (Å²) < 4.78 is 5.10. The van der Waals surface area contributed by atoms with Crippen LogP contribution in [0.4, 0.5) is 5.69 Å². The molecule has 2 N–H and O–H groups in total. The molecule has 3 aromatic carbocycles. The van der Waals surface area contributed by atoms with Crippen molar-refractivity contribution in [3.05, 3.63) is 112 Å². The minimum absolute atomic E-state index is 0.000905. The highest BCUT2D eigenvalue weighted by Crippen LogP contribution is 2.19. The van der Waals surface area contributed by atoms with E-state index in [4.69, 9.17) is 4.74 Å². The van der Waals surface area contributed by atoms with E-state index in [2.05, 4.69) is 10.3 Å². The fraction of sp³-hybridized carbons (Fsp3) is 0.0800. The predicted octanol–water partition coefficient (Wildman–Crippen LogP) is 3.91. The van der Waals surface area contributed by atoms with Crippen LogP contribution >= 0.6 is 0 Å². The molecule has 0 unspecified atom stereocenters. The summed E-state index contributed by atoms with van der Waals surface area (Å²) in [7, 11) is 0. The van der Waals surface area contributed by atoms with Gasteiger partial charge in [0.2, 0.25) is 0 Å². The average Bonchev–Trinajstić information content (AvgIpc) is 2.79. The molecule has 0 aliphatic heterocycles. The van der Waals surface area contributed by atoms with Crippen LogP contribution in [-0.2, 0) is 16.0 Å². The lowest BCUT2D eigenvalue weighted by atomic mass is 10.0. The van der Waals surface area contributed by atoms with Gasteiger partial charge in [0.25, 0.3) is 5.91 Å². The van der Waals surface area contributed by atoms with E-state index in [0.29, 0.717) is 23.0 Å². The summed E-state index contributed by atoms with van der Waals surface area (Å²) >= 11 is 0. The van der Waals surface area contributed by atoms with Gasteiger partial charge in [-0.1, -0.05) is 60.7 Å². The maximum atomic E-state index is 12.4. The molecule has 0 saturated carbocycles. The number of H-pyrrole nitrogens is 1. The predicted molar refractivity (Wildman–Crippen MR) is 119 cm³/mol. The van der Waals surface area contributed by atoms with E-state index in [1.807, 2.05) is 48.5 Å². The van der Waals surface area contributed by atoms with Crippen molar-refractivity contribution >= 4 is 28.5 Å². The third kappa shape index (κ3) is 4.87. The van der Waals surface area contributed by atoms with Crippen LogP contribution in [0.5, 0.6) is 0 Å². The molecule has 4 aromatic rings. The standard InChI is InChI=1S/C25H20N2O4/c28-23-15-22(26-21-13-7-5-11-19(21)23)25(30)31-16-24(29)27-20-12-6-4-10-18(20)14-17-8-2-1-3-9-17/h1-13,15H,14,16H2,(H,26,28)(H,27,29). The first kappa shape index (κ1) is 20.1. The van der Waals surface area contributed by atoms with Crippen molar-refractivity contribution in [3.63, 3.8) is 0 Å². The lowest BCUT2D eigenvalue weighted by molar-refractivity contribution is -0.119. The van der Waals surface area contributed by atoms with Crippen molar-refractivity contribution in [1.82, 2.24) is 4.98 Å². The summed E-state index contributed by atoms with van der Waals surface area (Å²) in [5, 5.41) is 3.27. The number of esters is 1. The van der Waals surface area contributed by atoms with Crippen molar-refractivity contribution in [1.29, 1.82) is 0 Å². The third-order valence-electron chi connectivity index (χ3n) is 4.82. The van der Waals surface area contributed by atoms with Gasteiger partial charge in [0.1, 0.15) is 5.69 Å². The number of ether oxygens (including phenoxy) is 1. The van der Waals surface area contributed by atoms with Gasteiger partial charge in [0.05, 0.1) is 0 Å². The Morgan fingerprint density at radius 3 is 2.42 bits per heavy atom. The molecule has 1 amide bonds. The van der Waals surface area contributed by atoms with Crippen LogP contribution in [-0.4, -0.2) is 23.5 Å². The molecule has 0 bridgehead atoms. The SMILES string of the molecule is O=C(COC(=O)c1cc(=O)c2ccccc2[nH]1)Nc1ccccc1Cc1ccccc1. The number of hydrogen-bond acceptors (Lipinski definition) is 4. The second-order valence-corrected chi connectivity index (χ2v) is 7.04. The van der Waals surface area contributed by atoms with E-state index in [1.165, 1.54) is 6.07 Å². The quantitative estimate of drug-likeness (QED) is 0.470. The fourth-order valence-corrected chi connectivity index (χ4v) is 3.31. The Kier molecular flexibility index (Phi) is 5.89. The Labute approximate surface area is 178 Å². The summed E-state index contributed by atoms with van der Waals surface area (Å²) in [6.45, 7) is -0.465. The minimum Gasteiger partial charge on any atom is -0.451 e. The molecule has 1 aromatic heterocycles. The van der Waals surface area contributed by atoms with E-state index < -0.39 is 18.5 Å². The second-order valence-electron chi connectivity index (χ2n) is 7.04. The number of pyridine rings is 1. The first-order chi connectivity index (χ1) is 15.1. The number of carbonyl (C=O) groups is 2. The first-order valence-corrected chi connectivity index (χ1v) is 9.81. The summed E-state index contributed by atoms with van der Waals surface area (Å²) in [4.78, 5) is 39.7. The van der Waals surface area contributed by atoms with Gasteiger partial charge in [-0.05, 0) is 35.7 Å². The van der Waals surface area contributed by atoms with Crippen molar-refractivity contribution < 1.29 is 14.3 Å². The molecule has 0 saturated heterocycles. The largest absolute Gasteiger partial charge is 0.451 e. The van der Waals surface area contributed by atoms with Gasteiger partial charge in [-0.2, -0.15) is 0 Å². The van der Waals surface area contributed by atoms with Crippen LogP contribution < -0.4 is 10.7 Å². The number of aromatic amines is 1. The van der Waals surface area contributed by atoms with Crippen LogP contribution in [0, 0.1) is 0 Å². The van der Waals surface area contributed by atoms with Gasteiger partial charge >= 0.3 is 5.97 Å². The molecule has 1 heterocycles. The number of anilines is 1. The zero-order valence-electron chi connectivity index (χ0n) is 16.6. The van der Waals surface area contributed by atoms with Crippen LogP contribution in [0.25, 0.3) is 10.9 Å². The van der Waals surface area contributed by atoms with Crippen molar-refractivity contribution in [2.45, 2.75) is 6.42 Å². The van der Waals surface area contributed by atoms with E-state index >= 15 is 0 Å². The number of carbonyl (C=O) groups excluding carboxylic acids is 2. The van der Waals surface area contributed by atoms with E-state index in [1.54, 1.807) is 30.3 Å². The van der Waals surface area contributed by atoms with Gasteiger partial charge in [-0.25, -0.2) is 4.79 Å². The second kappa shape index (κ2) is 9.09. The maximum absolute atomic E-state index is 12.4. The number of nitrogens with one attached hydrogen (secondary N) is 2. The molecule has 154 valence electrons. The molecule has 31 heavy (non-hydrogen) atoms. The van der Waals surface area contributed by atoms with Crippen molar-refractivity contribution in [2.75, 3.05) is 11.9 Å². The van der Waals surface area contributed by atoms with Crippen LogP contribution in [0.3, 0.4) is 0 Å². The molecule has 6 nitrogen and oxygen atoms in total. The molecule has 0 spiro atoms. The Balaban J connectivity index is 1.41. The Hall–Kier alpha value is -4.19. The topological polar surface area (TPSA) is 88.3 Å². The fourth-order valence-electron chi connectivity index (χ4n) is 3.31. The molecule has 0 radical (unpaired) electrons. The number of aromatic nitrogens is 1. The van der Waals surface area contributed by atoms with Gasteiger partial charge < -0.3 is 15.0 Å². The molecule has 0 aliphatic carbocycles. The Morgan fingerprint density at radius 1 is 0.871 bits per heavy atom. The lowest BCUT2D eigenvalue weighted by Crippen LogP contribution is -2.22. The summed E-state index contributed by atoms with van der Waals surface area (Å²) in [6, 6.07) is 25.5. The van der Waals surface area contributed by atoms with Gasteiger partial charge in [-0.3, -0.25) is 9.59 Å². The normalized spacial score (nSPS) is 10.6. The van der Waals surface area contributed by atoms with Crippen molar-refractivity contribution in [2.24, 2.45) is 0 Å². The smallest absolute Gasteiger partial charge is 0.355 e. The number of hydrogen-bond donors (Lipinski definition) is 2. The first-order valence-electron chi connectivity index (χ1n) is 9.81. The molecule has 0 aliphatic rings. The zero-order chi connectivity index (χ0) is 21.6. The number of para-hydroxylation sites is 2. The lowest BCUT2D eigenvalue weighted by Gasteiger charge is -2.12. The number of amides is 1. The molecule has 0 atom stereocenters. The Bertz CT molecular complexity index is 1300. The maximum Gasteiger partial charge on any atom is 0.355 e. The molecule has 6 heteroatoms. The summed E-state index contributed by atoms with van der Waals surface area (Å²) in [5.41, 5.74) is 2.97. The van der Waals surface area contributed by atoms with E-state index in [0.717, 1.165) is 11.1 Å². The highest BCUT2D eigenvalue weighted by atomic mass is 16.5. The van der Waals surface area contributed by atoms with E-state index in [-0.39, 0.29) is 11.1 Å². The summed E-state index contributed by atoms with van der Waals surface area (Å²) in [5.74, 6) is -1.23. The molecular weight excluding hydrogens is 392 g/mol. The van der Waals surface area contributed by atoms with Gasteiger partial charge in [-0.15, -0.1) is 0 Å². The van der Waals surface area contributed by atoms with E-state index in [9.17, 15) is 14.4 Å². The average molecular weight is 412 g/mol. The zero-order valence-corrected chi connectivity index (χ0v) is 16.6. The number of benzene rings is 3. The van der Waals surface area contributed by atoms with Crippen LogP contribution in [0.15, 0.2) is 89.7 Å². The van der Waals surface area contributed by atoms with Crippen LogP contribution in [0.2, 0.25) is 0 Å². The van der Waals surface area contributed by atoms with Gasteiger partial charge in [0.15, 0.2) is 12.0 Å². The number of rotatable bonds is 6. The van der Waals surface area contributed by atoms with Crippen LogP contribution in [0.1, 0.15) is 21.6 Å². The molecular formula is C25H20N2O4. The highest BCUT2D eigenvalue weighted by Gasteiger charge is 2.14.